The minimum atomic E-state index is -1.04. The number of nitrogens with zero attached hydrogens (tertiary/aromatic N) is 2. The molecule has 1 aliphatic heterocycles. The summed E-state index contributed by atoms with van der Waals surface area (Å²) in [5.74, 6) is -3.00. The van der Waals surface area contributed by atoms with Crippen molar-refractivity contribution in [1.82, 2.24) is 15.1 Å². The Labute approximate surface area is 160 Å². The van der Waals surface area contributed by atoms with Crippen LogP contribution in [0.5, 0.6) is 0 Å². The Morgan fingerprint density at radius 3 is 2.21 bits per heavy atom. The molecule has 5 amide bonds. The van der Waals surface area contributed by atoms with Gasteiger partial charge in [-0.25, -0.2) is 14.1 Å². The molecule has 1 saturated heterocycles. The zero-order valence-corrected chi connectivity index (χ0v) is 15.1. The van der Waals surface area contributed by atoms with E-state index < -0.39 is 42.2 Å². The molecule has 1 N–H and O–H groups in total. The van der Waals surface area contributed by atoms with Crippen LogP contribution in [0, 0.1) is 5.82 Å². The number of hydrogen-bond acceptors (Lipinski definition) is 4. The summed E-state index contributed by atoms with van der Waals surface area (Å²) in [6.07, 6.45) is 0. The number of nitrogens with one attached hydrogen (secondary N) is 1. The van der Waals surface area contributed by atoms with Crippen molar-refractivity contribution < 1.29 is 23.6 Å². The molecule has 1 atom stereocenters. The fourth-order valence-electron chi connectivity index (χ4n) is 2.86. The number of urea groups is 1. The Balaban J connectivity index is 1.63. The Morgan fingerprint density at radius 2 is 1.57 bits per heavy atom. The lowest BCUT2D eigenvalue weighted by atomic mass is 10.1. The zero-order valence-electron chi connectivity index (χ0n) is 15.1. The van der Waals surface area contributed by atoms with Crippen LogP contribution in [0.3, 0.4) is 0 Å². The smallest absolute Gasteiger partial charge is 0.335 e. The van der Waals surface area contributed by atoms with Crippen molar-refractivity contribution in [3.05, 3.63) is 71.5 Å². The van der Waals surface area contributed by atoms with Gasteiger partial charge in [0.25, 0.3) is 0 Å². The second kappa shape index (κ2) is 7.99. The van der Waals surface area contributed by atoms with Crippen LogP contribution < -0.4 is 5.32 Å². The van der Waals surface area contributed by atoms with Crippen LogP contribution in [0.2, 0.25) is 0 Å². The van der Waals surface area contributed by atoms with Gasteiger partial charge in [0, 0.05) is 0 Å². The molecule has 0 saturated carbocycles. The minimum absolute atomic E-state index is 0.0473. The molecule has 3 rings (SSSR count). The lowest BCUT2D eigenvalue weighted by Crippen LogP contribution is -2.42. The van der Waals surface area contributed by atoms with E-state index in [0.29, 0.717) is 16.0 Å². The first-order valence-corrected chi connectivity index (χ1v) is 8.63. The van der Waals surface area contributed by atoms with E-state index in [4.69, 9.17) is 0 Å². The average molecular weight is 383 g/mol. The van der Waals surface area contributed by atoms with Gasteiger partial charge in [-0.05, 0) is 30.2 Å². The average Bonchev–Trinajstić information content (AvgIpc) is 2.87. The molecule has 7 nitrogen and oxygen atoms in total. The number of benzene rings is 2. The molecule has 0 radical (unpaired) electrons. The zero-order chi connectivity index (χ0) is 20.3. The predicted molar refractivity (Wildman–Crippen MR) is 97.1 cm³/mol. The van der Waals surface area contributed by atoms with Crippen LogP contribution in [0.1, 0.15) is 24.1 Å². The van der Waals surface area contributed by atoms with Crippen molar-refractivity contribution >= 4 is 23.8 Å². The normalized spacial score (nSPS) is 15.1. The van der Waals surface area contributed by atoms with Gasteiger partial charge in [-0.3, -0.25) is 19.3 Å². The van der Waals surface area contributed by atoms with Gasteiger partial charge in [0.2, 0.25) is 5.91 Å². The molecular formula is C20H18FN3O4. The molecule has 0 aliphatic carbocycles. The van der Waals surface area contributed by atoms with E-state index in [1.807, 2.05) is 0 Å². The van der Waals surface area contributed by atoms with Crippen LogP contribution >= 0.6 is 0 Å². The van der Waals surface area contributed by atoms with Crippen molar-refractivity contribution in [3.63, 3.8) is 0 Å². The lowest BCUT2D eigenvalue weighted by Gasteiger charge is -2.18. The van der Waals surface area contributed by atoms with Gasteiger partial charge in [0.1, 0.15) is 12.4 Å². The third-order valence-electron chi connectivity index (χ3n) is 4.37. The first-order chi connectivity index (χ1) is 13.4. The molecule has 1 fully saturated rings. The Kier molecular flexibility index (Phi) is 5.49. The first kappa shape index (κ1) is 19.2. The summed E-state index contributed by atoms with van der Waals surface area (Å²) in [5, 5.41) is 2.63. The molecule has 1 aliphatic rings. The predicted octanol–water partition coefficient (Wildman–Crippen LogP) is 1.99. The highest BCUT2D eigenvalue weighted by Gasteiger charge is 2.45. The van der Waals surface area contributed by atoms with Crippen LogP contribution in [0.25, 0.3) is 0 Å². The third kappa shape index (κ3) is 4.06. The topological polar surface area (TPSA) is 86.8 Å². The molecule has 1 heterocycles. The summed E-state index contributed by atoms with van der Waals surface area (Å²) in [7, 11) is 0. The third-order valence-corrected chi connectivity index (χ3v) is 4.37. The summed E-state index contributed by atoms with van der Waals surface area (Å²) in [6.45, 7) is 1.07. The number of imide groups is 2. The minimum Gasteiger partial charge on any atom is -0.348 e. The number of hydrogen-bond donors (Lipinski definition) is 1. The molecule has 0 unspecified atom stereocenters. The monoisotopic (exact) mass is 383 g/mol. The van der Waals surface area contributed by atoms with E-state index in [9.17, 15) is 23.6 Å². The van der Waals surface area contributed by atoms with E-state index in [1.165, 1.54) is 24.3 Å². The summed E-state index contributed by atoms with van der Waals surface area (Å²) < 4.78 is 13.0. The first-order valence-electron chi connectivity index (χ1n) is 8.63. The Hall–Kier alpha value is -3.55. The molecule has 2 aromatic carbocycles. The number of rotatable bonds is 6. The fraction of sp³-hybridized carbons (Fsp3) is 0.200. The number of amides is 5. The van der Waals surface area contributed by atoms with Gasteiger partial charge < -0.3 is 5.32 Å². The van der Waals surface area contributed by atoms with Crippen molar-refractivity contribution in [1.29, 1.82) is 0 Å². The van der Waals surface area contributed by atoms with E-state index in [2.05, 4.69) is 5.32 Å². The summed E-state index contributed by atoms with van der Waals surface area (Å²) in [6, 6.07) is 13.1. The molecule has 144 valence electrons. The van der Waals surface area contributed by atoms with E-state index in [1.54, 1.807) is 37.3 Å². The van der Waals surface area contributed by atoms with Crippen LogP contribution in [-0.2, 0) is 20.9 Å². The van der Waals surface area contributed by atoms with Gasteiger partial charge in [-0.2, -0.15) is 0 Å². The van der Waals surface area contributed by atoms with Gasteiger partial charge >= 0.3 is 17.8 Å². The summed E-state index contributed by atoms with van der Waals surface area (Å²) in [5.41, 5.74) is 1.35. The molecule has 0 bridgehead atoms. The summed E-state index contributed by atoms with van der Waals surface area (Å²) >= 11 is 0. The van der Waals surface area contributed by atoms with Gasteiger partial charge in [-0.15, -0.1) is 0 Å². The molecule has 8 heteroatoms. The largest absolute Gasteiger partial charge is 0.348 e. The maximum atomic E-state index is 13.0. The van der Waals surface area contributed by atoms with Gasteiger partial charge in [0.15, 0.2) is 0 Å². The van der Waals surface area contributed by atoms with E-state index >= 15 is 0 Å². The molecule has 0 spiro atoms. The van der Waals surface area contributed by atoms with Gasteiger partial charge in [-0.1, -0.05) is 42.5 Å². The van der Waals surface area contributed by atoms with Crippen molar-refractivity contribution in [3.8, 4) is 0 Å². The second-order valence-electron chi connectivity index (χ2n) is 6.39. The highest BCUT2D eigenvalue weighted by atomic mass is 19.1. The van der Waals surface area contributed by atoms with Crippen molar-refractivity contribution in [2.24, 2.45) is 0 Å². The molecule has 2 aromatic rings. The van der Waals surface area contributed by atoms with Crippen LogP contribution in [-0.4, -0.2) is 40.1 Å². The second-order valence-corrected chi connectivity index (χ2v) is 6.39. The Morgan fingerprint density at radius 1 is 0.964 bits per heavy atom. The maximum absolute atomic E-state index is 13.0. The molecule has 28 heavy (non-hydrogen) atoms. The lowest BCUT2D eigenvalue weighted by molar-refractivity contribution is -0.144. The maximum Gasteiger partial charge on any atom is 0.335 e. The highest BCUT2D eigenvalue weighted by molar-refractivity contribution is 6.44. The molecular weight excluding hydrogens is 365 g/mol. The van der Waals surface area contributed by atoms with E-state index in [0.717, 1.165) is 4.90 Å². The highest BCUT2D eigenvalue weighted by Crippen LogP contribution is 2.17. The fourth-order valence-corrected chi connectivity index (χ4v) is 2.86. The van der Waals surface area contributed by atoms with E-state index in [-0.39, 0.29) is 6.54 Å². The van der Waals surface area contributed by atoms with Crippen LogP contribution in [0.15, 0.2) is 54.6 Å². The molecule has 0 aromatic heterocycles. The van der Waals surface area contributed by atoms with Crippen molar-refractivity contribution in [2.45, 2.75) is 19.5 Å². The number of carbonyl (C=O) groups is 4. The van der Waals surface area contributed by atoms with Gasteiger partial charge in [0.05, 0.1) is 12.6 Å². The SMILES string of the molecule is C[C@H](NC(=O)CN1C(=O)C(=O)N(Cc2ccccc2)C1=O)c1ccc(F)cc1. The Bertz CT molecular complexity index is 915. The van der Waals surface area contributed by atoms with Crippen molar-refractivity contribution in [2.75, 3.05) is 6.54 Å². The van der Waals surface area contributed by atoms with Crippen LogP contribution in [0.4, 0.5) is 9.18 Å². The summed E-state index contributed by atoms with van der Waals surface area (Å²) in [4.78, 5) is 50.4. The standard InChI is InChI=1S/C20H18FN3O4/c1-13(15-7-9-16(21)10-8-15)22-17(25)12-24-19(27)18(26)23(20(24)28)11-14-5-3-2-4-6-14/h2-10,13H,11-12H2,1H3,(H,22,25)/t13-/m0/s1. The number of halogens is 1. The number of carbonyl (C=O) groups excluding carboxylic acids is 4. The quantitative estimate of drug-likeness (QED) is 0.611.